The van der Waals surface area contributed by atoms with Crippen LogP contribution in [0.4, 0.5) is 5.69 Å². The van der Waals surface area contributed by atoms with Crippen molar-refractivity contribution in [1.29, 1.82) is 0 Å². The molecule has 3 N–H and O–H groups in total. The number of rotatable bonds is 5. The summed E-state index contributed by atoms with van der Waals surface area (Å²) in [5.74, 6) is -1.19. The summed E-state index contributed by atoms with van der Waals surface area (Å²) in [5.41, 5.74) is 8.47. The highest BCUT2D eigenvalue weighted by molar-refractivity contribution is 6.02. The number of hydrogen-bond donors (Lipinski definition) is 2. The summed E-state index contributed by atoms with van der Waals surface area (Å²) in [6, 6.07) is 17.8. The number of carbonyl (C=O) groups is 2. The highest BCUT2D eigenvalue weighted by Crippen LogP contribution is 2.35. The number of primary amides is 1. The van der Waals surface area contributed by atoms with E-state index in [0.717, 1.165) is 27.7 Å². The maximum atomic E-state index is 13.8. The molecule has 6 heteroatoms. The molecule has 0 saturated carbocycles. The third kappa shape index (κ3) is 3.33. The van der Waals surface area contributed by atoms with Gasteiger partial charge in [-0.2, -0.15) is 0 Å². The number of fused-ring (bicyclic) bond motifs is 2. The van der Waals surface area contributed by atoms with Crippen molar-refractivity contribution in [3.8, 4) is 0 Å². The number of nitrogens with two attached hydrogens (primary N) is 1. The fourth-order valence-electron chi connectivity index (χ4n) is 4.35. The number of anilines is 1. The molecule has 0 bridgehead atoms. The van der Waals surface area contributed by atoms with Crippen LogP contribution in [0.3, 0.4) is 0 Å². The summed E-state index contributed by atoms with van der Waals surface area (Å²) in [6.07, 6.45) is 3.01. The van der Waals surface area contributed by atoms with Crippen LogP contribution in [0.2, 0.25) is 0 Å². The van der Waals surface area contributed by atoms with Crippen molar-refractivity contribution >= 4 is 28.4 Å². The third-order valence-corrected chi connectivity index (χ3v) is 6.34. The lowest BCUT2D eigenvalue weighted by Crippen LogP contribution is -2.60. The van der Waals surface area contributed by atoms with Crippen molar-refractivity contribution in [3.63, 3.8) is 0 Å². The third-order valence-electron chi connectivity index (χ3n) is 6.34. The minimum atomic E-state index is -1.13. The molecule has 6 nitrogen and oxygen atoms in total. The lowest BCUT2D eigenvalue weighted by molar-refractivity contribution is -0.134. The second kappa shape index (κ2) is 7.88. The van der Waals surface area contributed by atoms with Gasteiger partial charge in [-0.25, -0.2) is 0 Å². The Balaban J connectivity index is 1.82. The van der Waals surface area contributed by atoms with Crippen LogP contribution in [0.25, 0.3) is 10.9 Å². The Bertz CT molecular complexity index is 1110. The van der Waals surface area contributed by atoms with Crippen LogP contribution in [0, 0.1) is 5.92 Å². The van der Waals surface area contributed by atoms with Crippen molar-refractivity contribution in [2.24, 2.45) is 11.7 Å². The predicted molar refractivity (Wildman–Crippen MR) is 118 cm³/mol. The van der Waals surface area contributed by atoms with Crippen LogP contribution in [0.5, 0.6) is 0 Å². The fourth-order valence-corrected chi connectivity index (χ4v) is 4.35. The molecule has 0 fully saturated rings. The second-order valence-electron chi connectivity index (χ2n) is 7.95. The Morgan fingerprint density at radius 2 is 1.93 bits per heavy atom. The SMILES string of the molecule is CNC(C)(C(N)=O)[C@@H]1CCc2ccccc2N(Cc2ccnc3ccccc23)C1=O. The van der Waals surface area contributed by atoms with Crippen molar-refractivity contribution in [3.05, 3.63) is 71.9 Å². The zero-order chi connectivity index (χ0) is 21.3. The van der Waals surface area contributed by atoms with Crippen LogP contribution in [-0.2, 0) is 22.6 Å². The molecule has 154 valence electrons. The summed E-state index contributed by atoms with van der Waals surface area (Å²) in [5, 5.41) is 4.03. The molecule has 1 aromatic heterocycles. The van der Waals surface area contributed by atoms with E-state index in [9.17, 15) is 9.59 Å². The molecule has 0 spiro atoms. The molecule has 1 aliphatic heterocycles. The first-order chi connectivity index (χ1) is 14.5. The number of para-hydroxylation sites is 2. The molecule has 2 heterocycles. The lowest BCUT2D eigenvalue weighted by atomic mass is 9.80. The lowest BCUT2D eigenvalue weighted by Gasteiger charge is -2.35. The minimum Gasteiger partial charge on any atom is -0.368 e. The quantitative estimate of drug-likeness (QED) is 0.687. The number of likely N-dealkylation sites (N-methyl/N-ethyl adjacent to an activating group) is 1. The molecule has 0 radical (unpaired) electrons. The molecule has 1 unspecified atom stereocenters. The topological polar surface area (TPSA) is 88.3 Å². The molecule has 30 heavy (non-hydrogen) atoms. The van der Waals surface area contributed by atoms with Gasteiger partial charge in [-0.15, -0.1) is 0 Å². The Labute approximate surface area is 176 Å². The van der Waals surface area contributed by atoms with E-state index < -0.39 is 17.4 Å². The van der Waals surface area contributed by atoms with Crippen LogP contribution in [-0.4, -0.2) is 29.4 Å². The van der Waals surface area contributed by atoms with Gasteiger partial charge >= 0.3 is 0 Å². The van der Waals surface area contributed by atoms with E-state index in [1.165, 1.54) is 0 Å². The van der Waals surface area contributed by atoms with Gasteiger partial charge in [-0.05, 0) is 56.1 Å². The largest absolute Gasteiger partial charge is 0.368 e. The summed E-state index contributed by atoms with van der Waals surface area (Å²) in [4.78, 5) is 32.4. The number of hydrogen-bond acceptors (Lipinski definition) is 4. The van der Waals surface area contributed by atoms with E-state index in [2.05, 4.69) is 10.3 Å². The van der Waals surface area contributed by atoms with Gasteiger partial charge in [-0.3, -0.25) is 14.6 Å². The number of pyridine rings is 1. The van der Waals surface area contributed by atoms with Crippen LogP contribution in [0.1, 0.15) is 24.5 Å². The van der Waals surface area contributed by atoms with Crippen LogP contribution >= 0.6 is 0 Å². The van der Waals surface area contributed by atoms with Gasteiger partial charge in [0.2, 0.25) is 11.8 Å². The highest BCUT2D eigenvalue weighted by Gasteiger charge is 2.45. The number of amides is 2. The first-order valence-corrected chi connectivity index (χ1v) is 10.2. The molecule has 0 saturated heterocycles. The Morgan fingerprint density at radius 1 is 1.20 bits per heavy atom. The van der Waals surface area contributed by atoms with Gasteiger partial charge in [-0.1, -0.05) is 36.4 Å². The molecule has 4 rings (SSSR count). The fraction of sp³-hybridized carbons (Fsp3) is 0.292. The number of nitrogens with one attached hydrogen (secondary N) is 1. The van der Waals surface area contributed by atoms with E-state index in [0.29, 0.717) is 19.4 Å². The zero-order valence-corrected chi connectivity index (χ0v) is 17.3. The standard InChI is InChI=1S/C24H26N4O2/c1-24(26-2,23(25)30)19-12-11-16-7-3-6-10-21(16)28(22(19)29)15-17-13-14-27-20-9-5-4-8-18(17)20/h3-10,13-14,19,26H,11-12,15H2,1-2H3,(H2,25,30)/t19-,24?/m1/s1. The van der Waals surface area contributed by atoms with Crippen molar-refractivity contribution in [2.75, 3.05) is 11.9 Å². The number of benzene rings is 2. The maximum Gasteiger partial charge on any atom is 0.238 e. The van der Waals surface area contributed by atoms with Gasteiger partial charge in [0.05, 0.1) is 18.0 Å². The van der Waals surface area contributed by atoms with Gasteiger partial charge in [0.1, 0.15) is 5.54 Å². The van der Waals surface area contributed by atoms with E-state index >= 15 is 0 Å². The second-order valence-corrected chi connectivity index (χ2v) is 7.95. The van der Waals surface area contributed by atoms with Gasteiger partial charge in [0, 0.05) is 17.3 Å². The molecule has 2 amide bonds. The Morgan fingerprint density at radius 3 is 2.70 bits per heavy atom. The molecule has 2 aromatic carbocycles. The zero-order valence-electron chi connectivity index (χ0n) is 17.3. The molecular weight excluding hydrogens is 376 g/mol. The molecular formula is C24H26N4O2. The van der Waals surface area contributed by atoms with E-state index in [1.807, 2.05) is 54.6 Å². The molecule has 3 aromatic rings. The van der Waals surface area contributed by atoms with E-state index in [4.69, 9.17) is 5.73 Å². The molecule has 1 aliphatic rings. The van der Waals surface area contributed by atoms with E-state index in [-0.39, 0.29) is 5.91 Å². The normalized spacial score (nSPS) is 18.5. The Kier molecular flexibility index (Phi) is 5.26. The van der Waals surface area contributed by atoms with Gasteiger partial charge in [0.15, 0.2) is 0 Å². The first kappa shape index (κ1) is 20.0. The highest BCUT2D eigenvalue weighted by atomic mass is 16.2. The number of aryl methyl sites for hydroxylation is 1. The average Bonchev–Trinajstić information content (AvgIpc) is 2.90. The predicted octanol–water partition coefficient (Wildman–Crippen LogP) is 2.79. The molecule has 2 atom stereocenters. The maximum absolute atomic E-state index is 13.8. The smallest absolute Gasteiger partial charge is 0.238 e. The average molecular weight is 402 g/mol. The van der Waals surface area contributed by atoms with Crippen LogP contribution in [0.15, 0.2) is 60.8 Å². The Hall–Kier alpha value is -3.25. The summed E-state index contributed by atoms with van der Waals surface area (Å²) in [7, 11) is 1.68. The summed E-state index contributed by atoms with van der Waals surface area (Å²) >= 11 is 0. The van der Waals surface area contributed by atoms with Gasteiger partial charge in [0.25, 0.3) is 0 Å². The summed E-state index contributed by atoms with van der Waals surface area (Å²) in [6.45, 7) is 2.11. The molecule has 0 aliphatic carbocycles. The van der Waals surface area contributed by atoms with E-state index in [1.54, 1.807) is 25.1 Å². The number of aromatic nitrogens is 1. The number of nitrogens with zero attached hydrogens (tertiary/aromatic N) is 2. The number of carbonyl (C=O) groups excluding carboxylic acids is 2. The van der Waals surface area contributed by atoms with Crippen molar-refractivity contribution < 1.29 is 9.59 Å². The van der Waals surface area contributed by atoms with Crippen molar-refractivity contribution in [1.82, 2.24) is 10.3 Å². The minimum absolute atomic E-state index is 0.100. The monoisotopic (exact) mass is 402 g/mol. The van der Waals surface area contributed by atoms with Crippen molar-refractivity contribution in [2.45, 2.75) is 31.8 Å². The summed E-state index contributed by atoms with van der Waals surface area (Å²) < 4.78 is 0. The first-order valence-electron chi connectivity index (χ1n) is 10.2. The van der Waals surface area contributed by atoms with Crippen LogP contribution < -0.4 is 16.0 Å². The van der Waals surface area contributed by atoms with Gasteiger partial charge < -0.3 is 16.0 Å².